The molecule has 146 valence electrons. The zero-order valence-corrected chi connectivity index (χ0v) is 17.3. The predicted octanol–water partition coefficient (Wildman–Crippen LogP) is 3.46. The van der Waals surface area contributed by atoms with E-state index in [1.54, 1.807) is 0 Å². The molecule has 4 rings (SSSR count). The average Bonchev–Trinajstić information content (AvgIpc) is 3.07. The highest BCUT2D eigenvalue weighted by atomic mass is 32.2. The molecule has 1 aliphatic rings. The van der Waals surface area contributed by atoms with E-state index in [0.29, 0.717) is 37.1 Å². The molecule has 0 saturated carbocycles. The van der Waals surface area contributed by atoms with Crippen LogP contribution in [0.1, 0.15) is 37.8 Å². The summed E-state index contributed by atoms with van der Waals surface area (Å²) < 4.78 is 27.0. The Morgan fingerprint density at radius 2 is 1.96 bits per heavy atom. The number of hydrogen-bond donors (Lipinski definition) is 0. The summed E-state index contributed by atoms with van der Waals surface area (Å²) in [6.07, 6.45) is 1.18. The lowest BCUT2D eigenvalue weighted by atomic mass is 10.0. The normalized spacial score (nSPS) is 18.4. The number of nitrogens with zero attached hydrogens (tertiary/aromatic N) is 4. The fourth-order valence-corrected chi connectivity index (χ4v) is 6.51. The Kier molecular flexibility index (Phi) is 4.35. The number of nitriles is 1. The average molecular weight is 397 g/mol. The molecule has 1 fully saturated rings. The lowest BCUT2D eigenvalue weighted by molar-refractivity contribution is 0.457. The van der Waals surface area contributed by atoms with Crippen molar-refractivity contribution in [2.45, 2.75) is 38.4 Å². The van der Waals surface area contributed by atoms with Crippen LogP contribution in [0, 0.1) is 18.3 Å². The van der Waals surface area contributed by atoms with Gasteiger partial charge >= 0.3 is 0 Å². The molecule has 1 aromatic carbocycles. The third-order valence-electron chi connectivity index (χ3n) is 6.25. The molecule has 0 spiro atoms. The minimum absolute atomic E-state index is 0.141. The molecule has 6 nitrogen and oxygen atoms in total. The molecule has 1 saturated heterocycles. The Labute approximate surface area is 165 Å². The van der Waals surface area contributed by atoms with E-state index < -0.39 is 14.6 Å². The third kappa shape index (κ3) is 2.51. The van der Waals surface area contributed by atoms with Gasteiger partial charge in [-0.15, -0.1) is 0 Å². The number of hydrogen-bond acceptors (Lipinski definition) is 5. The molecular formula is C21H24N4O2S. The van der Waals surface area contributed by atoms with Crippen LogP contribution in [0.4, 0.5) is 5.82 Å². The van der Waals surface area contributed by atoms with E-state index in [-0.39, 0.29) is 5.75 Å². The third-order valence-corrected chi connectivity index (χ3v) is 8.99. The Morgan fingerprint density at radius 1 is 1.25 bits per heavy atom. The number of para-hydroxylation sites is 2. The van der Waals surface area contributed by atoms with Crippen LogP contribution < -0.4 is 4.90 Å². The number of sulfone groups is 1. The van der Waals surface area contributed by atoms with Crippen LogP contribution in [-0.4, -0.2) is 41.4 Å². The van der Waals surface area contributed by atoms with E-state index in [1.165, 1.54) is 0 Å². The van der Waals surface area contributed by atoms with Crippen LogP contribution in [0.25, 0.3) is 16.7 Å². The number of aromatic nitrogens is 2. The van der Waals surface area contributed by atoms with Gasteiger partial charge in [0, 0.05) is 13.1 Å². The van der Waals surface area contributed by atoms with Crippen LogP contribution in [0.15, 0.2) is 30.3 Å². The molecule has 28 heavy (non-hydrogen) atoms. The Hall–Kier alpha value is -2.59. The highest BCUT2D eigenvalue weighted by molar-refractivity contribution is 7.92. The molecule has 2 aromatic heterocycles. The van der Waals surface area contributed by atoms with Crippen molar-refractivity contribution in [2.75, 3.05) is 23.7 Å². The van der Waals surface area contributed by atoms with Crippen molar-refractivity contribution in [2.24, 2.45) is 0 Å². The van der Waals surface area contributed by atoms with Gasteiger partial charge in [0.05, 0.1) is 27.1 Å². The lowest BCUT2D eigenvalue weighted by Gasteiger charge is -2.42. The van der Waals surface area contributed by atoms with E-state index in [4.69, 9.17) is 4.98 Å². The number of rotatable bonds is 3. The first-order valence-electron chi connectivity index (χ1n) is 9.65. The summed E-state index contributed by atoms with van der Waals surface area (Å²) in [5, 5.41) is 9.67. The van der Waals surface area contributed by atoms with Crippen molar-refractivity contribution < 1.29 is 8.42 Å². The molecule has 0 amide bonds. The second-order valence-corrected chi connectivity index (χ2v) is 10.1. The van der Waals surface area contributed by atoms with Crippen molar-refractivity contribution in [1.82, 2.24) is 9.38 Å². The van der Waals surface area contributed by atoms with Gasteiger partial charge in [0.25, 0.3) is 0 Å². The van der Waals surface area contributed by atoms with Crippen molar-refractivity contribution >= 4 is 32.3 Å². The smallest absolute Gasteiger partial charge is 0.159 e. The molecule has 0 aliphatic carbocycles. The van der Waals surface area contributed by atoms with E-state index in [0.717, 1.165) is 22.4 Å². The standard InChI is InChI=1S/C21H24N4O2S/c1-4-21(5-2)14-24(10-11-28(21,26)27)19-12-15(3)16(13-22)20-23-17-8-6-7-9-18(17)25(19)20/h6-9,12H,4-5,10-11,14H2,1-3H3. The van der Waals surface area contributed by atoms with Crippen molar-refractivity contribution in [3.8, 4) is 6.07 Å². The maximum atomic E-state index is 12.8. The SMILES string of the molecule is CCC1(CC)CN(c2cc(C)c(C#N)c3nc4ccccc4n23)CCS1(=O)=O. The van der Waals surface area contributed by atoms with Gasteiger partial charge in [-0.3, -0.25) is 4.40 Å². The molecule has 3 aromatic rings. The minimum atomic E-state index is -3.15. The van der Waals surface area contributed by atoms with E-state index in [1.807, 2.05) is 55.5 Å². The maximum absolute atomic E-state index is 12.8. The molecule has 3 heterocycles. The Morgan fingerprint density at radius 3 is 2.64 bits per heavy atom. The summed E-state index contributed by atoms with van der Waals surface area (Å²) >= 11 is 0. The monoisotopic (exact) mass is 396 g/mol. The zero-order chi connectivity index (χ0) is 20.1. The summed E-state index contributed by atoms with van der Waals surface area (Å²) in [5.74, 6) is 1.04. The van der Waals surface area contributed by atoms with Crippen molar-refractivity contribution in [1.29, 1.82) is 5.26 Å². The largest absolute Gasteiger partial charge is 0.355 e. The number of benzene rings is 1. The fourth-order valence-electron chi connectivity index (χ4n) is 4.38. The van der Waals surface area contributed by atoms with Crippen LogP contribution in [0.3, 0.4) is 0 Å². The first-order chi connectivity index (χ1) is 13.4. The van der Waals surface area contributed by atoms with Gasteiger partial charge in [0.2, 0.25) is 0 Å². The molecular weight excluding hydrogens is 372 g/mol. The quantitative estimate of drug-likeness (QED) is 0.677. The second-order valence-electron chi connectivity index (χ2n) is 7.56. The first kappa shape index (κ1) is 18.8. The summed E-state index contributed by atoms with van der Waals surface area (Å²) in [5.41, 5.74) is 3.80. The van der Waals surface area contributed by atoms with Crippen LogP contribution in [0.5, 0.6) is 0 Å². The summed E-state index contributed by atoms with van der Waals surface area (Å²) in [4.78, 5) is 6.86. The van der Waals surface area contributed by atoms with Gasteiger partial charge in [-0.1, -0.05) is 26.0 Å². The van der Waals surface area contributed by atoms with Crippen LogP contribution in [-0.2, 0) is 9.84 Å². The van der Waals surface area contributed by atoms with E-state index >= 15 is 0 Å². The lowest BCUT2D eigenvalue weighted by Crippen LogP contribution is -2.56. The Bertz CT molecular complexity index is 1220. The molecule has 0 radical (unpaired) electrons. The first-order valence-corrected chi connectivity index (χ1v) is 11.3. The van der Waals surface area contributed by atoms with E-state index in [2.05, 4.69) is 11.0 Å². The van der Waals surface area contributed by atoms with Gasteiger partial charge in [-0.05, 0) is 43.5 Å². The molecule has 7 heteroatoms. The molecule has 0 unspecified atom stereocenters. The fraction of sp³-hybridized carbons (Fsp3) is 0.429. The molecule has 0 N–H and O–H groups in total. The highest BCUT2D eigenvalue weighted by Crippen LogP contribution is 2.36. The summed E-state index contributed by atoms with van der Waals surface area (Å²) in [7, 11) is -3.15. The molecule has 0 atom stereocenters. The number of fused-ring (bicyclic) bond motifs is 3. The molecule has 0 bridgehead atoms. The maximum Gasteiger partial charge on any atom is 0.159 e. The topological polar surface area (TPSA) is 78.5 Å². The van der Waals surface area contributed by atoms with Crippen molar-refractivity contribution in [3.63, 3.8) is 0 Å². The predicted molar refractivity (Wildman–Crippen MR) is 111 cm³/mol. The van der Waals surface area contributed by atoms with Gasteiger partial charge in [0.15, 0.2) is 15.5 Å². The highest BCUT2D eigenvalue weighted by Gasteiger charge is 2.45. The van der Waals surface area contributed by atoms with Crippen LogP contribution in [0.2, 0.25) is 0 Å². The van der Waals surface area contributed by atoms with Gasteiger partial charge < -0.3 is 4.90 Å². The van der Waals surface area contributed by atoms with Gasteiger partial charge in [-0.25, -0.2) is 13.4 Å². The van der Waals surface area contributed by atoms with Gasteiger partial charge in [-0.2, -0.15) is 5.26 Å². The van der Waals surface area contributed by atoms with E-state index in [9.17, 15) is 13.7 Å². The number of imidazole rings is 1. The number of aryl methyl sites for hydroxylation is 1. The number of pyridine rings is 1. The van der Waals surface area contributed by atoms with Crippen LogP contribution >= 0.6 is 0 Å². The summed E-state index contributed by atoms with van der Waals surface area (Å²) in [6.45, 7) is 6.72. The summed E-state index contributed by atoms with van der Waals surface area (Å²) in [6, 6.07) is 12.1. The zero-order valence-electron chi connectivity index (χ0n) is 16.4. The number of anilines is 1. The minimum Gasteiger partial charge on any atom is -0.355 e. The van der Waals surface area contributed by atoms with Gasteiger partial charge in [0.1, 0.15) is 11.9 Å². The second kappa shape index (κ2) is 6.49. The van der Waals surface area contributed by atoms with Crippen molar-refractivity contribution in [3.05, 3.63) is 41.5 Å². The molecule has 1 aliphatic heterocycles. The Balaban J connectivity index is 1.98.